The van der Waals surface area contributed by atoms with E-state index in [-0.39, 0.29) is 18.4 Å². The van der Waals surface area contributed by atoms with Gasteiger partial charge in [-0.05, 0) is 18.1 Å². The zero-order valence-electron chi connectivity index (χ0n) is 16.9. The summed E-state index contributed by atoms with van der Waals surface area (Å²) in [6, 6.07) is 8.09. The van der Waals surface area contributed by atoms with Crippen LogP contribution < -0.4 is 10.2 Å². The molecule has 2 aliphatic heterocycles. The van der Waals surface area contributed by atoms with Crippen molar-refractivity contribution in [1.29, 1.82) is 0 Å². The average Bonchev–Trinajstić information content (AvgIpc) is 2.74. The summed E-state index contributed by atoms with van der Waals surface area (Å²) in [6.07, 6.45) is 2.17. The third kappa shape index (κ3) is 5.07. The molecule has 2 heterocycles. The number of fused-ring (bicyclic) bond motifs is 1. The molecule has 1 saturated heterocycles. The summed E-state index contributed by atoms with van der Waals surface area (Å²) in [5, 5.41) is 3.11. The largest absolute Gasteiger partial charge is 0.379 e. The molecule has 0 radical (unpaired) electrons. The SMILES string of the molecule is CCC(CC)C(CNC(=O)CN1C(=O)CSc2ccccc21)N1CCOCC1. The van der Waals surface area contributed by atoms with Gasteiger partial charge in [0.05, 0.1) is 24.7 Å². The maximum Gasteiger partial charge on any atom is 0.240 e. The van der Waals surface area contributed by atoms with Crippen molar-refractivity contribution in [3.8, 4) is 0 Å². The summed E-state index contributed by atoms with van der Waals surface area (Å²) in [4.78, 5) is 30.2. The number of anilines is 1. The van der Waals surface area contributed by atoms with Gasteiger partial charge in [0.2, 0.25) is 11.8 Å². The maximum absolute atomic E-state index is 12.7. The number of carbonyl (C=O) groups is 2. The molecular weight excluding hydrogens is 374 g/mol. The summed E-state index contributed by atoms with van der Waals surface area (Å²) < 4.78 is 5.49. The molecule has 1 aromatic carbocycles. The summed E-state index contributed by atoms with van der Waals surface area (Å²) in [7, 11) is 0. The Bertz CT molecular complexity index is 675. The molecule has 3 rings (SSSR count). The molecule has 154 valence electrons. The standard InChI is InChI=1S/C21H31N3O3S/c1-3-16(4-2)18(23-9-11-27-12-10-23)13-22-20(25)14-24-17-7-5-6-8-19(17)28-15-21(24)26/h5-8,16,18H,3-4,9-15H2,1-2H3,(H,22,25). The van der Waals surface area contributed by atoms with Crippen LogP contribution in [0.15, 0.2) is 29.2 Å². The number of nitrogens with one attached hydrogen (secondary N) is 1. The summed E-state index contributed by atoms with van der Waals surface area (Å²) in [5.41, 5.74) is 0.837. The number of hydrogen-bond acceptors (Lipinski definition) is 5. The van der Waals surface area contributed by atoms with Crippen LogP contribution in [0.25, 0.3) is 0 Å². The molecule has 1 unspecified atom stereocenters. The Morgan fingerprint density at radius 1 is 1.21 bits per heavy atom. The Labute approximate surface area is 172 Å². The first kappa shape index (κ1) is 21.1. The van der Waals surface area contributed by atoms with Crippen LogP contribution in [0, 0.1) is 5.92 Å². The van der Waals surface area contributed by atoms with Crippen LogP contribution in [0.4, 0.5) is 5.69 Å². The number of nitrogens with zero attached hydrogens (tertiary/aromatic N) is 2. The van der Waals surface area contributed by atoms with E-state index in [0.717, 1.165) is 49.7 Å². The van der Waals surface area contributed by atoms with E-state index in [9.17, 15) is 9.59 Å². The molecule has 1 aromatic rings. The molecule has 0 aliphatic carbocycles. The Hall–Kier alpha value is -1.57. The molecule has 0 bridgehead atoms. The van der Waals surface area contributed by atoms with E-state index in [1.54, 1.807) is 4.90 Å². The third-order valence-corrected chi connectivity index (χ3v) is 6.77. The molecule has 1 N–H and O–H groups in total. The van der Waals surface area contributed by atoms with Gasteiger partial charge in [0, 0.05) is 30.6 Å². The fourth-order valence-corrected chi connectivity index (χ4v) is 5.02. The second-order valence-electron chi connectivity index (χ2n) is 7.33. The highest BCUT2D eigenvalue weighted by Crippen LogP contribution is 2.34. The van der Waals surface area contributed by atoms with Crippen LogP contribution in [-0.2, 0) is 14.3 Å². The van der Waals surface area contributed by atoms with Gasteiger partial charge in [0.1, 0.15) is 6.54 Å². The lowest BCUT2D eigenvalue weighted by molar-refractivity contribution is -0.123. The Morgan fingerprint density at radius 2 is 1.93 bits per heavy atom. The van der Waals surface area contributed by atoms with Crippen LogP contribution in [0.3, 0.4) is 0 Å². The molecular formula is C21H31N3O3S. The minimum absolute atomic E-state index is 0.0106. The Kier molecular flexibility index (Phi) is 7.76. The van der Waals surface area contributed by atoms with Crippen LogP contribution in [0.1, 0.15) is 26.7 Å². The first-order valence-electron chi connectivity index (χ1n) is 10.2. The lowest BCUT2D eigenvalue weighted by Crippen LogP contribution is -2.53. The summed E-state index contributed by atoms with van der Waals surface area (Å²) in [6.45, 7) is 8.44. The number of benzene rings is 1. The predicted molar refractivity (Wildman–Crippen MR) is 113 cm³/mol. The van der Waals surface area contributed by atoms with Gasteiger partial charge < -0.3 is 15.0 Å². The Morgan fingerprint density at radius 3 is 2.64 bits per heavy atom. The summed E-state index contributed by atoms with van der Waals surface area (Å²) in [5.74, 6) is 0.809. The van der Waals surface area contributed by atoms with Crippen LogP contribution >= 0.6 is 11.8 Å². The van der Waals surface area contributed by atoms with Gasteiger partial charge in [0.15, 0.2) is 0 Å². The monoisotopic (exact) mass is 405 g/mol. The van der Waals surface area contributed by atoms with E-state index < -0.39 is 0 Å². The van der Waals surface area contributed by atoms with Crippen LogP contribution in [0.2, 0.25) is 0 Å². The molecule has 7 heteroatoms. The molecule has 2 aliphatic rings. The maximum atomic E-state index is 12.7. The molecule has 1 fully saturated rings. The topological polar surface area (TPSA) is 61.9 Å². The van der Waals surface area contributed by atoms with Crippen molar-refractivity contribution in [2.75, 3.05) is 50.0 Å². The number of carbonyl (C=O) groups excluding carboxylic acids is 2. The molecule has 28 heavy (non-hydrogen) atoms. The van der Waals surface area contributed by atoms with Gasteiger partial charge in [-0.2, -0.15) is 0 Å². The van der Waals surface area contributed by atoms with Crippen molar-refractivity contribution in [3.05, 3.63) is 24.3 Å². The highest BCUT2D eigenvalue weighted by Gasteiger charge is 2.29. The lowest BCUT2D eigenvalue weighted by atomic mass is 9.92. The van der Waals surface area contributed by atoms with Gasteiger partial charge in [-0.15, -0.1) is 11.8 Å². The van der Waals surface area contributed by atoms with Crippen molar-refractivity contribution >= 4 is 29.3 Å². The molecule has 6 nitrogen and oxygen atoms in total. The number of hydrogen-bond donors (Lipinski definition) is 1. The lowest BCUT2D eigenvalue weighted by Gasteiger charge is -2.39. The van der Waals surface area contributed by atoms with Gasteiger partial charge in [0.25, 0.3) is 0 Å². The number of amides is 2. The van der Waals surface area contributed by atoms with E-state index in [0.29, 0.717) is 24.3 Å². The fraction of sp³-hybridized carbons (Fsp3) is 0.619. The smallest absolute Gasteiger partial charge is 0.240 e. The molecule has 0 saturated carbocycles. The van der Waals surface area contributed by atoms with Crippen molar-refractivity contribution in [2.24, 2.45) is 5.92 Å². The molecule has 2 amide bonds. The van der Waals surface area contributed by atoms with E-state index in [4.69, 9.17) is 4.74 Å². The fourth-order valence-electron chi connectivity index (χ4n) is 4.08. The van der Waals surface area contributed by atoms with Gasteiger partial charge in [-0.3, -0.25) is 14.5 Å². The number of thioether (sulfide) groups is 1. The third-order valence-electron chi connectivity index (χ3n) is 5.73. The number of para-hydroxylation sites is 1. The summed E-state index contributed by atoms with van der Waals surface area (Å²) >= 11 is 1.53. The van der Waals surface area contributed by atoms with Gasteiger partial charge in [-0.25, -0.2) is 0 Å². The highest BCUT2D eigenvalue weighted by atomic mass is 32.2. The predicted octanol–water partition coefficient (Wildman–Crippen LogP) is 2.38. The normalized spacial score (nSPS) is 18.8. The van der Waals surface area contributed by atoms with Crippen molar-refractivity contribution in [2.45, 2.75) is 37.6 Å². The number of morpholine rings is 1. The number of rotatable bonds is 8. The molecule has 0 aromatic heterocycles. The second kappa shape index (κ2) is 10.3. The number of ether oxygens (including phenoxy) is 1. The zero-order valence-corrected chi connectivity index (χ0v) is 17.7. The first-order valence-corrected chi connectivity index (χ1v) is 11.2. The van der Waals surface area contributed by atoms with Gasteiger partial charge >= 0.3 is 0 Å². The van der Waals surface area contributed by atoms with E-state index in [1.165, 1.54) is 11.8 Å². The van der Waals surface area contributed by atoms with E-state index in [1.807, 2.05) is 24.3 Å². The van der Waals surface area contributed by atoms with Crippen molar-refractivity contribution in [3.63, 3.8) is 0 Å². The quantitative estimate of drug-likeness (QED) is 0.720. The average molecular weight is 406 g/mol. The van der Waals surface area contributed by atoms with Gasteiger partial charge in [-0.1, -0.05) is 38.8 Å². The highest BCUT2D eigenvalue weighted by molar-refractivity contribution is 8.00. The van der Waals surface area contributed by atoms with Crippen molar-refractivity contribution in [1.82, 2.24) is 10.2 Å². The molecule has 1 atom stereocenters. The van der Waals surface area contributed by atoms with Crippen molar-refractivity contribution < 1.29 is 14.3 Å². The zero-order chi connectivity index (χ0) is 19.9. The minimum atomic E-state index is -0.0979. The van der Waals surface area contributed by atoms with Crippen LogP contribution in [-0.4, -0.2) is 67.9 Å². The Balaban J connectivity index is 1.62. The second-order valence-corrected chi connectivity index (χ2v) is 8.35. The van der Waals surface area contributed by atoms with E-state index >= 15 is 0 Å². The molecule has 0 spiro atoms. The van der Waals surface area contributed by atoms with Crippen LogP contribution in [0.5, 0.6) is 0 Å². The minimum Gasteiger partial charge on any atom is -0.379 e. The van der Waals surface area contributed by atoms with E-state index in [2.05, 4.69) is 24.1 Å². The first-order chi connectivity index (χ1) is 13.6.